The summed E-state index contributed by atoms with van der Waals surface area (Å²) >= 11 is 0. The van der Waals surface area contributed by atoms with Crippen molar-refractivity contribution in [1.29, 1.82) is 0 Å². The van der Waals surface area contributed by atoms with Crippen LogP contribution in [0.2, 0.25) is 0 Å². The van der Waals surface area contributed by atoms with E-state index in [1.165, 1.54) is 0 Å². The number of carbonyl (C=O) groups is 2. The summed E-state index contributed by atoms with van der Waals surface area (Å²) in [7, 11) is 1.65. The highest BCUT2D eigenvalue weighted by molar-refractivity contribution is 5.85. The van der Waals surface area contributed by atoms with Gasteiger partial charge >= 0.3 is 0 Å². The first kappa shape index (κ1) is 24.4. The quantitative estimate of drug-likeness (QED) is 0.621. The van der Waals surface area contributed by atoms with Gasteiger partial charge in [0.05, 0.1) is 19.7 Å². The summed E-state index contributed by atoms with van der Waals surface area (Å²) in [6.07, 6.45) is 3.19. The van der Waals surface area contributed by atoms with Crippen LogP contribution in [0, 0.1) is 0 Å². The van der Waals surface area contributed by atoms with E-state index < -0.39 is 0 Å². The molecule has 0 aliphatic carbocycles. The van der Waals surface area contributed by atoms with Crippen molar-refractivity contribution in [1.82, 2.24) is 20.0 Å². The van der Waals surface area contributed by atoms with E-state index >= 15 is 0 Å². The molecule has 0 aromatic carbocycles. The molecule has 2 rings (SSSR count). The Morgan fingerprint density at radius 1 is 0.880 bits per heavy atom. The lowest BCUT2D eigenvalue weighted by Gasteiger charge is -2.24. The third kappa shape index (κ3) is 8.55. The van der Waals surface area contributed by atoms with E-state index in [2.05, 4.69) is 10.2 Å². The smallest absolute Gasteiger partial charge is 0.236 e. The maximum absolute atomic E-state index is 12.2. The average molecular weight is 399 g/mol. The van der Waals surface area contributed by atoms with Gasteiger partial charge in [0, 0.05) is 52.9 Å². The molecule has 2 amide bonds. The molecule has 0 aromatic heterocycles. The van der Waals surface area contributed by atoms with Crippen molar-refractivity contribution in [2.75, 3.05) is 72.6 Å². The number of hydrogen-bond acceptors (Lipinski definition) is 5. The SMILES string of the molecule is COCCNCC(=O)N1CCCN(CC(=O)N2CCCC2)CC1.Cl.Cl. The van der Waals surface area contributed by atoms with E-state index in [-0.39, 0.29) is 36.6 Å². The zero-order valence-corrected chi connectivity index (χ0v) is 16.7. The molecule has 0 spiro atoms. The molecule has 2 saturated heterocycles. The lowest BCUT2D eigenvalue weighted by Crippen LogP contribution is -2.42. The number of carbonyl (C=O) groups excluding carboxylic acids is 2. The second-order valence-electron chi connectivity index (χ2n) is 6.27. The Labute approximate surface area is 163 Å². The van der Waals surface area contributed by atoms with Gasteiger partial charge < -0.3 is 19.9 Å². The van der Waals surface area contributed by atoms with Crippen LogP contribution in [0.25, 0.3) is 0 Å². The van der Waals surface area contributed by atoms with Crippen molar-refractivity contribution in [3.8, 4) is 0 Å². The van der Waals surface area contributed by atoms with Gasteiger partial charge in [-0.1, -0.05) is 0 Å². The van der Waals surface area contributed by atoms with Crippen molar-refractivity contribution < 1.29 is 14.3 Å². The number of amides is 2. The highest BCUT2D eigenvalue weighted by Crippen LogP contribution is 2.09. The number of rotatable bonds is 7. The molecule has 9 heteroatoms. The van der Waals surface area contributed by atoms with Crippen molar-refractivity contribution in [2.24, 2.45) is 0 Å². The average Bonchev–Trinajstić information content (AvgIpc) is 2.99. The van der Waals surface area contributed by atoms with E-state index in [1.54, 1.807) is 7.11 Å². The number of nitrogens with zero attached hydrogens (tertiary/aromatic N) is 3. The predicted octanol–water partition coefficient (Wildman–Crippen LogP) is 0.223. The summed E-state index contributed by atoms with van der Waals surface area (Å²) in [5.41, 5.74) is 0. The van der Waals surface area contributed by atoms with Gasteiger partial charge in [-0.15, -0.1) is 24.8 Å². The van der Waals surface area contributed by atoms with E-state index in [1.807, 2.05) is 9.80 Å². The second kappa shape index (κ2) is 13.6. The fourth-order valence-corrected chi connectivity index (χ4v) is 3.12. The number of halogens is 2. The van der Waals surface area contributed by atoms with Crippen LogP contribution in [0.1, 0.15) is 19.3 Å². The van der Waals surface area contributed by atoms with Crippen LogP contribution in [0.3, 0.4) is 0 Å². The molecule has 2 fully saturated rings. The third-order valence-corrected chi connectivity index (χ3v) is 4.52. The van der Waals surface area contributed by atoms with E-state index in [9.17, 15) is 9.59 Å². The Hall–Kier alpha value is -0.600. The summed E-state index contributed by atoms with van der Waals surface area (Å²) < 4.78 is 4.95. The highest BCUT2D eigenvalue weighted by Gasteiger charge is 2.23. The molecule has 1 N–H and O–H groups in total. The normalized spacial score (nSPS) is 18.3. The minimum atomic E-state index is 0. The molecule has 0 saturated carbocycles. The van der Waals surface area contributed by atoms with Crippen LogP contribution in [0.15, 0.2) is 0 Å². The molecule has 0 radical (unpaired) electrons. The maximum atomic E-state index is 12.2. The molecule has 0 atom stereocenters. The molecule has 0 bridgehead atoms. The Morgan fingerprint density at radius 3 is 2.20 bits per heavy atom. The topological polar surface area (TPSA) is 65.1 Å². The van der Waals surface area contributed by atoms with Crippen LogP contribution in [-0.4, -0.2) is 99.1 Å². The number of hydrogen-bond donors (Lipinski definition) is 1. The molecule has 25 heavy (non-hydrogen) atoms. The number of ether oxygens (including phenoxy) is 1. The third-order valence-electron chi connectivity index (χ3n) is 4.52. The van der Waals surface area contributed by atoms with Gasteiger partial charge in [0.2, 0.25) is 11.8 Å². The zero-order chi connectivity index (χ0) is 16.5. The zero-order valence-electron chi connectivity index (χ0n) is 15.1. The van der Waals surface area contributed by atoms with Gasteiger partial charge in [-0.2, -0.15) is 0 Å². The summed E-state index contributed by atoms with van der Waals surface area (Å²) in [5.74, 6) is 0.373. The van der Waals surface area contributed by atoms with E-state index in [4.69, 9.17) is 4.74 Å². The van der Waals surface area contributed by atoms with Gasteiger partial charge in [0.1, 0.15) is 0 Å². The largest absolute Gasteiger partial charge is 0.383 e. The van der Waals surface area contributed by atoms with Crippen molar-refractivity contribution in [3.63, 3.8) is 0 Å². The molecular weight excluding hydrogens is 367 g/mol. The standard InChI is InChI=1S/C16H30N4O3.2ClH/c1-23-12-5-17-13-15(21)20-9-4-6-18(10-11-20)14-16(22)19-7-2-3-8-19;;/h17H,2-14H2,1H3;2*1H. The van der Waals surface area contributed by atoms with Crippen molar-refractivity contribution in [2.45, 2.75) is 19.3 Å². The minimum absolute atomic E-state index is 0. The van der Waals surface area contributed by atoms with Gasteiger partial charge in [0.15, 0.2) is 0 Å². The summed E-state index contributed by atoms with van der Waals surface area (Å²) in [6, 6.07) is 0. The molecule has 7 nitrogen and oxygen atoms in total. The van der Waals surface area contributed by atoms with E-state index in [0.717, 1.165) is 52.0 Å². The lowest BCUT2D eigenvalue weighted by molar-refractivity contribution is -0.131. The highest BCUT2D eigenvalue weighted by atomic mass is 35.5. The number of likely N-dealkylation sites (tertiary alicyclic amines) is 1. The maximum Gasteiger partial charge on any atom is 0.236 e. The molecule has 148 valence electrons. The van der Waals surface area contributed by atoms with Crippen LogP contribution >= 0.6 is 24.8 Å². The monoisotopic (exact) mass is 398 g/mol. The van der Waals surface area contributed by atoms with Gasteiger partial charge in [0.25, 0.3) is 0 Å². The number of methoxy groups -OCH3 is 1. The lowest BCUT2D eigenvalue weighted by atomic mass is 10.3. The van der Waals surface area contributed by atoms with E-state index in [0.29, 0.717) is 32.8 Å². The molecule has 0 aromatic rings. The molecule has 2 aliphatic rings. The first-order valence-electron chi connectivity index (χ1n) is 8.68. The van der Waals surface area contributed by atoms with Crippen LogP contribution in [-0.2, 0) is 14.3 Å². The van der Waals surface area contributed by atoms with Crippen LogP contribution in [0.4, 0.5) is 0 Å². The number of nitrogens with one attached hydrogen (secondary N) is 1. The van der Waals surface area contributed by atoms with Gasteiger partial charge in [-0.05, 0) is 19.3 Å². The fraction of sp³-hybridized carbons (Fsp3) is 0.875. The molecule has 0 unspecified atom stereocenters. The Bertz CT molecular complexity index is 396. The Balaban J connectivity index is 0.00000288. The molecular formula is C16H32Cl2N4O3. The van der Waals surface area contributed by atoms with Crippen LogP contribution in [0.5, 0.6) is 0 Å². The minimum Gasteiger partial charge on any atom is -0.383 e. The fourth-order valence-electron chi connectivity index (χ4n) is 3.12. The van der Waals surface area contributed by atoms with Gasteiger partial charge in [-0.3, -0.25) is 14.5 Å². The second-order valence-corrected chi connectivity index (χ2v) is 6.27. The molecule has 2 heterocycles. The summed E-state index contributed by atoms with van der Waals surface area (Å²) in [4.78, 5) is 30.5. The first-order valence-corrected chi connectivity index (χ1v) is 8.68. The van der Waals surface area contributed by atoms with Gasteiger partial charge in [-0.25, -0.2) is 0 Å². The van der Waals surface area contributed by atoms with Crippen LogP contribution < -0.4 is 5.32 Å². The summed E-state index contributed by atoms with van der Waals surface area (Å²) in [5, 5.41) is 3.09. The summed E-state index contributed by atoms with van der Waals surface area (Å²) in [6.45, 7) is 7.12. The molecule has 2 aliphatic heterocycles. The first-order chi connectivity index (χ1) is 11.2. The Kier molecular flexibility index (Phi) is 13.3. The Morgan fingerprint density at radius 2 is 1.52 bits per heavy atom. The predicted molar refractivity (Wildman–Crippen MR) is 103 cm³/mol. The van der Waals surface area contributed by atoms with Crippen molar-refractivity contribution >= 4 is 36.6 Å². The van der Waals surface area contributed by atoms with Crippen molar-refractivity contribution in [3.05, 3.63) is 0 Å².